The fraction of sp³-hybridized carbons (Fsp3) is 0.208. The lowest BCUT2D eigenvalue weighted by Gasteiger charge is -2.28. The molecule has 0 aromatic heterocycles. The molecule has 0 bridgehead atoms. The van der Waals surface area contributed by atoms with Crippen LogP contribution in [0.5, 0.6) is 0 Å². The number of anilines is 5. The molecule has 10 rings (SSSR count). The second kappa shape index (κ2) is 13.5. The Morgan fingerprint density at radius 3 is 2.02 bits per heavy atom. The van der Waals surface area contributed by atoms with E-state index in [1.807, 2.05) is 97.1 Å². The summed E-state index contributed by atoms with van der Waals surface area (Å²) in [4.78, 5) is 62.3. The average molecular weight is 769 g/mol. The van der Waals surface area contributed by atoms with Gasteiger partial charge < -0.3 is 20.0 Å². The number of carbonyl (C=O) groups excluding carboxylic acids is 4. The van der Waals surface area contributed by atoms with Gasteiger partial charge in [-0.05, 0) is 83.8 Å². The highest BCUT2D eigenvalue weighted by Gasteiger charge is 2.53. The van der Waals surface area contributed by atoms with Crippen molar-refractivity contribution in [2.75, 3.05) is 27.9 Å². The van der Waals surface area contributed by atoms with Crippen LogP contribution in [0.2, 0.25) is 0 Å². The quantitative estimate of drug-likeness (QED) is 0.145. The summed E-state index contributed by atoms with van der Waals surface area (Å²) in [5, 5.41) is 26.2. The van der Waals surface area contributed by atoms with Crippen LogP contribution in [-0.2, 0) is 21.7 Å². The Morgan fingerprint density at radius 2 is 1.38 bits per heavy atom. The second-order valence-corrected chi connectivity index (χ2v) is 15.7. The molecule has 1 fully saturated rings. The van der Waals surface area contributed by atoms with Gasteiger partial charge in [-0.2, -0.15) is 0 Å². The van der Waals surface area contributed by atoms with Crippen LogP contribution in [0.3, 0.4) is 0 Å². The lowest BCUT2D eigenvalue weighted by molar-refractivity contribution is -0.139. The van der Waals surface area contributed by atoms with E-state index >= 15 is 0 Å². The van der Waals surface area contributed by atoms with Gasteiger partial charge in [0, 0.05) is 46.6 Å². The number of benzene rings is 6. The molecule has 3 atom stereocenters. The summed E-state index contributed by atoms with van der Waals surface area (Å²) in [6.07, 6.45) is 5.04. The molecule has 0 spiro atoms. The summed E-state index contributed by atoms with van der Waals surface area (Å²) in [6.45, 7) is 2.35. The minimum atomic E-state index is -2.05. The Hall–Kier alpha value is -6.62. The van der Waals surface area contributed by atoms with Crippen LogP contribution in [0.25, 0.3) is 21.5 Å². The Balaban J connectivity index is 1.01. The molecule has 58 heavy (non-hydrogen) atoms. The van der Waals surface area contributed by atoms with E-state index in [1.165, 1.54) is 0 Å². The van der Waals surface area contributed by atoms with Crippen LogP contribution in [0.1, 0.15) is 58.0 Å². The third kappa shape index (κ3) is 5.25. The molecule has 6 aromatic carbocycles. The molecule has 0 unspecified atom stereocenters. The van der Waals surface area contributed by atoms with Crippen molar-refractivity contribution in [3.05, 3.63) is 150 Å². The van der Waals surface area contributed by atoms with Gasteiger partial charge in [0.05, 0.1) is 47.4 Å². The monoisotopic (exact) mass is 768 g/mol. The number of nitrogens with zero attached hydrogens (tertiary/aromatic N) is 4. The first kappa shape index (κ1) is 35.8. The van der Waals surface area contributed by atoms with Gasteiger partial charge in [-0.15, -0.1) is 0 Å². The number of rotatable bonds is 9. The third-order valence-corrected chi connectivity index (χ3v) is 12.4. The summed E-state index contributed by atoms with van der Waals surface area (Å²) in [5.41, 5.74) is 3.46. The van der Waals surface area contributed by atoms with Gasteiger partial charge in [-0.3, -0.25) is 29.0 Å². The summed E-state index contributed by atoms with van der Waals surface area (Å²) in [5.74, 6) is -1.76. The number of fused-ring (bicyclic) bond motifs is 1. The van der Waals surface area contributed by atoms with E-state index in [0.717, 1.165) is 51.3 Å². The zero-order valence-electron chi connectivity index (χ0n) is 31.8. The van der Waals surface area contributed by atoms with Crippen LogP contribution < -0.4 is 14.7 Å². The fourth-order valence-corrected chi connectivity index (χ4v) is 9.53. The van der Waals surface area contributed by atoms with Gasteiger partial charge in [-0.1, -0.05) is 79.7 Å². The molecule has 4 aliphatic rings. The molecule has 0 aliphatic carbocycles. The highest BCUT2D eigenvalue weighted by Crippen LogP contribution is 2.50. The van der Waals surface area contributed by atoms with Crippen molar-refractivity contribution in [3.8, 4) is 0 Å². The molecule has 1 saturated heterocycles. The molecule has 10 nitrogen and oxygen atoms in total. The molecule has 6 aromatic rings. The van der Waals surface area contributed by atoms with E-state index in [0.29, 0.717) is 40.3 Å². The number of aliphatic hydroxyl groups excluding tert-OH is 1. The number of carbonyl (C=O) groups is 4. The molecule has 4 amide bonds. The van der Waals surface area contributed by atoms with E-state index in [9.17, 15) is 29.4 Å². The Morgan fingerprint density at radius 1 is 0.776 bits per heavy atom. The summed E-state index contributed by atoms with van der Waals surface area (Å²) >= 11 is 0. The van der Waals surface area contributed by atoms with Crippen molar-refractivity contribution in [1.82, 2.24) is 4.90 Å². The molecule has 288 valence electrons. The number of likely N-dealkylation sites (tertiary alicyclic amines) is 1. The standard InChI is InChI=1S/C48H40N4O6/c1-29(9-2-21-42(54)49-24-8-16-35(49)28-53)48(58)38-26-34(52-41-20-7-14-32-12-5-18-37(44(32)41)46(52)56)22-23-39(38)50(47(48)57)27-30-10-3-15-33(25-30)51-40-19-6-13-31-11-4-17-36(43(31)40)45(51)55/h2-7,9-15,17-20,22-23,25-26,29,35,53,58H,8,16,21,24,27-28H2,1H3/b9-2+/t29-,35-,48+/m0/s1. The normalized spacial score (nSPS) is 20.1. The number of hydrogen-bond donors (Lipinski definition) is 2. The Kier molecular flexibility index (Phi) is 8.33. The maximum atomic E-state index is 14.8. The SMILES string of the molecule is C[C@@H](/C=C/CC(=O)N1CCC[C@H]1CO)[C@]1(O)C(=O)N(Cc2cccc(N3C(=O)c4cccc5cccc3c45)c2)c2ccc(N3C(=O)c4cccc5cccc3c45)cc21. The maximum absolute atomic E-state index is 14.8. The lowest BCUT2D eigenvalue weighted by atomic mass is 9.82. The van der Waals surface area contributed by atoms with Crippen LogP contribution in [0.4, 0.5) is 28.4 Å². The zero-order valence-corrected chi connectivity index (χ0v) is 31.8. The summed E-state index contributed by atoms with van der Waals surface area (Å²) in [7, 11) is 0. The van der Waals surface area contributed by atoms with Crippen molar-refractivity contribution in [2.24, 2.45) is 5.92 Å². The lowest BCUT2D eigenvalue weighted by Crippen LogP contribution is -2.44. The smallest absolute Gasteiger partial charge is 0.264 e. The minimum absolute atomic E-state index is 0.0614. The van der Waals surface area contributed by atoms with Gasteiger partial charge in [0.15, 0.2) is 5.60 Å². The first-order valence-electron chi connectivity index (χ1n) is 19.8. The third-order valence-electron chi connectivity index (χ3n) is 12.4. The topological polar surface area (TPSA) is 122 Å². The molecule has 4 aliphatic heterocycles. The van der Waals surface area contributed by atoms with Crippen molar-refractivity contribution in [3.63, 3.8) is 0 Å². The van der Waals surface area contributed by atoms with Gasteiger partial charge >= 0.3 is 0 Å². The van der Waals surface area contributed by atoms with Crippen LogP contribution in [-0.4, -0.2) is 57.9 Å². The maximum Gasteiger partial charge on any atom is 0.264 e. The molecule has 0 saturated carbocycles. The summed E-state index contributed by atoms with van der Waals surface area (Å²) < 4.78 is 0. The minimum Gasteiger partial charge on any atom is -0.394 e. The van der Waals surface area contributed by atoms with E-state index in [2.05, 4.69) is 0 Å². The molecule has 10 heteroatoms. The molecular formula is C48H40N4O6. The van der Waals surface area contributed by atoms with Crippen molar-refractivity contribution < 1.29 is 29.4 Å². The number of aliphatic hydroxyl groups is 2. The number of amides is 4. The van der Waals surface area contributed by atoms with Crippen molar-refractivity contribution in [1.29, 1.82) is 0 Å². The first-order chi connectivity index (χ1) is 28.2. The van der Waals surface area contributed by atoms with Crippen molar-refractivity contribution in [2.45, 2.75) is 44.4 Å². The number of hydrogen-bond acceptors (Lipinski definition) is 6. The van der Waals surface area contributed by atoms with E-state index < -0.39 is 17.4 Å². The molecular weight excluding hydrogens is 729 g/mol. The van der Waals surface area contributed by atoms with E-state index in [-0.39, 0.29) is 43.3 Å². The average Bonchev–Trinajstić information content (AvgIpc) is 3.97. The van der Waals surface area contributed by atoms with Gasteiger partial charge in [0.25, 0.3) is 17.7 Å². The zero-order chi connectivity index (χ0) is 39.9. The van der Waals surface area contributed by atoms with E-state index in [1.54, 1.807) is 56.9 Å². The van der Waals surface area contributed by atoms with Crippen LogP contribution in [0, 0.1) is 5.92 Å². The van der Waals surface area contributed by atoms with Crippen LogP contribution in [0.15, 0.2) is 127 Å². The Bertz CT molecular complexity index is 2770. The second-order valence-electron chi connectivity index (χ2n) is 15.7. The van der Waals surface area contributed by atoms with Gasteiger partial charge in [0.2, 0.25) is 5.91 Å². The molecule has 0 radical (unpaired) electrons. The van der Waals surface area contributed by atoms with Gasteiger partial charge in [-0.25, -0.2) is 0 Å². The van der Waals surface area contributed by atoms with Crippen molar-refractivity contribution >= 4 is 73.6 Å². The highest BCUT2D eigenvalue weighted by molar-refractivity contribution is 6.29. The van der Waals surface area contributed by atoms with Crippen LogP contribution >= 0.6 is 0 Å². The molecule has 4 heterocycles. The van der Waals surface area contributed by atoms with Gasteiger partial charge in [0.1, 0.15) is 0 Å². The largest absolute Gasteiger partial charge is 0.394 e. The fourth-order valence-electron chi connectivity index (χ4n) is 9.53. The first-order valence-corrected chi connectivity index (χ1v) is 19.8. The predicted molar refractivity (Wildman–Crippen MR) is 224 cm³/mol. The van der Waals surface area contributed by atoms with E-state index in [4.69, 9.17) is 0 Å². The highest BCUT2D eigenvalue weighted by atomic mass is 16.3. The summed E-state index contributed by atoms with van der Waals surface area (Å²) in [6, 6.07) is 35.6. The Labute approximate surface area is 334 Å². The predicted octanol–water partition coefficient (Wildman–Crippen LogP) is 7.88. The molecule has 2 N–H and O–H groups in total.